The molecule has 17 heavy (non-hydrogen) atoms. The van der Waals surface area contributed by atoms with Crippen LogP contribution in [0.5, 0.6) is 0 Å². The van der Waals surface area contributed by atoms with Gasteiger partial charge in [-0.1, -0.05) is 30.3 Å². The van der Waals surface area contributed by atoms with E-state index >= 15 is 0 Å². The number of cyclic esters (lactones) is 1. The number of nitrogens with zero attached hydrogens (tertiary/aromatic N) is 1. The molecule has 1 aromatic rings. The van der Waals surface area contributed by atoms with E-state index in [4.69, 9.17) is 10.5 Å². The van der Waals surface area contributed by atoms with Crippen molar-refractivity contribution < 1.29 is 9.53 Å². The molecule has 2 rings (SSSR count). The first-order valence-electron chi connectivity index (χ1n) is 5.99. The van der Waals surface area contributed by atoms with Crippen LogP contribution in [0, 0.1) is 0 Å². The van der Waals surface area contributed by atoms with E-state index < -0.39 is 0 Å². The molecule has 1 saturated heterocycles. The number of benzene rings is 1. The molecule has 0 radical (unpaired) electrons. The zero-order chi connectivity index (χ0) is 12.1. The van der Waals surface area contributed by atoms with Crippen molar-refractivity contribution in [1.29, 1.82) is 0 Å². The van der Waals surface area contributed by atoms with Gasteiger partial charge in [-0.05, 0) is 18.5 Å². The highest BCUT2D eigenvalue weighted by Gasteiger charge is 2.26. The summed E-state index contributed by atoms with van der Waals surface area (Å²) in [6.07, 6.45) is 1.40. The van der Waals surface area contributed by atoms with Crippen LogP contribution in [0.2, 0.25) is 0 Å². The van der Waals surface area contributed by atoms with Crippen molar-refractivity contribution in [2.24, 2.45) is 5.73 Å². The van der Waals surface area contributed by atoms with Crippen LogP contribution >= 0.6 is 0 Å². The molecule has 1 aliphatic heterocycles. The molecular formula is C13H18N2O2. The standard InChI is InChI=1S/C13H18N2O2/c14-8-6-12-7-9-15(13(16)17-12)10-11-4-2-1-3-5-11/h1-5,12H,6-10,14H2. The summed E-state index contributed by atoms with van der Waals surface area (Å²) in [6.45, 7) is 1.93. The SMILES string of the molecule is NCCC1CCN(Cc2ccccc2)C(=O)O1. The maximum Gasteiger partial charge on any atom is 0.410 e. The molecule has 2 N–H and O–H groups in total. The van der Waals surface area contributed by atoms with Crippen LogP contribution in [0.25, 0.3) is 0 Å². The number of nitrogens with two attached hydrogens (primary N) is 1. The summed E-state index contributed by atoms with van der Waals surface area (Å²) >= 11 is 0. The van der Waals surface area contributed by atoms with Crippen LogP contribution in [0.3, 0.4) is 0 Å². The van der Waals surface area contributed by atoms with Crippen molar-refractivity contribution >= 4 is 6.09 Å². The van der Waals surface area contributed by atoms with Gasteiger partial charge >= 0.3 is 6.09 Å². The Morgan fingerprint density at radius 2 is 2.12 bits per heavy atom. The van der Waals surface area contributed by atoms with Gasteiger partial charge in [0.2, 0.25) is 0 Å². The fraction of sp³-hybridized carbons (Fsp3) is 0.462. The van der Waals surface area contributed by atoms with Gasteiger partial charge in [0.15, 0.2) is 0 Å². The lowest BCUT2D eigenvalue weighted by Gasteiger charge is -2.31. The normalized spacial score (nSPS) is 20.2. The lowest BCUT2D eigenvalue weighted by atomic mass is 10.1. The molecule has 1 heterocycles. The van der Waals surface area contributed by atoms with E-state index in [-0.39, 0.29) is 12.2 Å². The second kappa shape index (κ2) is 5.68. The van der Waals surface area contributed by atoms with E-state index in [9.17, 15) is 4.79 Å². The minimum atomic E-state index is -0.224. The maximum atomic E-state index is 11.7. The molecular weight excluding hydrogens is 216 g/mol. The lowest BCUT2D eigenvalue weighted by molar-refractivity contribution is 0.0202. The highest BCUT2D eigenvalue weighted by molar-refractivity contribution is 5.68. The van der Waals surface area contributed by atoms with Gasteiger partial charge in [0.1, 0.15) is 6.10 Å². The molecule has 0 aliphatic carbocycles. The third-order valence-electron chi connectivity index (χ3n) is 2.95. The average Bonchev–Trinajstić information content (AvgIpc) is 2.34. The van der Waals surface area contributed by atoms with Crippen molar-refractivity contribution in [2.45, 2.75) is 25.5 Å². The van der Waals surface area contributed by atoms with Crippen LogP contribution in [0.1, 0.15) is 18.4 Å². The molecule has 4 nitrogen and oxygen atoms in total. The zero-order valence-electron chi connectivity index (χ0n) is 9.84. The topological polar surface area (TPSA) is 55.6 Å². The van der Waals surface area contributed by atoms with Gasteiger partial charge in [0.25, 0.3) is 0 Å². The van der Waals surface area contributed by atoms with Crippen LogP contribution in [-0.4, -0.2) is 30.2 Å². The number of carbonyl (C=O) groups is 1. The first-order chi connectivity index (χ1) is 8.29. The summed E-state index contributed by atoms with van der Waals surface area (Å²) in [5.74, 6) is 0. The minimum Gasteiger partial charge on any atom is -0.446 e. The van der Waals surface area contributed by atoms with Crippen molar-refractivity contribution in [1.82, 2.24) is 4.90 Å². The fourth-order valence-corrected chi connectivity index (χ4v) is 2.00. The Kier molecular flexibility index (Phi) is 3.98. The summed E-state index contributed by atoms with van der Waals surface area (Å²) in [5, 5.41) is 0. The molecule has 1 amide bonds. The fourth-order valence-electron chi connectivity index (χ4n) is 2.00. The monoisotopic (exact) mass is 234 g/mol. The molecule has 0 bridgehead atoms. The summed E-state index contributed by atoms with van der Waals surface area (Å²) in [4.78, 5) is 13.5. The van der Waals surface area contributed by atoms with E-state index in [2.05, 4.69) is 0 Å². The molecule has 1 atom stereocenters. The van der Waals surface area contributed by atoms with Gasteiger partial charge < -0.3 is 15.4 Å². The van der Waals surface area contributed by atoms with E-state index in [0.29, 0.717) is 13.1 Å². The van der Waals surface area contributed by atoms with Crippen molar-refractivity contribution in [3.05, 3.63) is 35.9 Å². The smallest absolute Gasteiger partial charge is 0.410 e. The second-order valence-electron chi connectivity index (χ2n) is 4.28. The summed E-state index contributed by atoms with van der Waals surface area (Å²) in [7, 11) is 0. The lowest BCUT2D eigenvalue weighted by Crippen LogP contribution is -2.42. The van der Waals surface area contributed by atoms with E-state index in [0.717, 1.165) is 24.9 Å². The van der Waals surface area contributed by atoms with Gasteiger partial charge in [-0.3, -0.25) is 0 Å². The first kappa shape index (κ1) is 11.9. The predicted octanol–water partition coefficient (Wildman–Crippen LogP) is 1.75. The Balaban J connectivity index is 1.90. The van der Waals surface area contributed by atoms with Gasteiger partial charge in [0, 0.05) is 19.5 Å². The number of rotatable bonds is 4. The van der Waals surface area contributed by atoms with Crippen LogP contribution < -0.4 is 5.73 Å². The Morgan fingerprint density at radius 1 is 1.35 bits per heavy atom. The van der Waals surface area contributed by atoms with E-state index in [1.807, 2.05) is 30.3 Å². The van der Waals surface area contributed by atoms with Gasteiger partial charge in [0.05, 0.1) is 0 Å². The number of carbonyl (C=O) groups excluding carboxylic acids is 1. The number of ether oxygens (including phenoxy) is 1. The third kappa shape index (κ3) is 3.20. The third-order valence-corrected chi connectivity index (χ3v) is 2.95. The molecule has 0 aromatic heterocycles. The molecule has 1 fully saturated rings. The van der Waals surface area contributed by atoms with Crippen molar-refractivity contribution in [3.8, 4) is 0 Å². The quantitative estimate of drug-likeness (QED) is 0.863. The molecule has 1 aromatic carbocycles. The van der Waals surface area contributed by atoms with E-state index in [1.54, 1.807) is 4.90 Å². The summed E-state index contributed by atoms with van der Waals surface area (Å²) in [5.41, 5.74) is 6.58. The Labute approximate surface area is 101 Å². The predicted molar refractivity (Wildman–Crippen MR) is 65.4 cm³/mol. The molecule has 4 heteroatoms. The minimum absolute atomic E-state index is 0.000441. The maximum absolute atomic E-state index is 11.7. The van der Waals surface area contributed by atoms with Crippen LogP contribution in [-0.2, 0) is 11.3 Å². The van der Waals surface area contributed by atoms with Crippen LogP contribution in [0.15, 0.2) is 30.3 Å². The second-order valence-corrected chi connectivity index (χ2v) is 4.28. The van der Waals surface area contributed by atoms with Gasteiger partial charge in [-0.15, -0.1) is 0 Å². The van der Waals surface area contributed by atoms with Crippen molar-refractivity contribution in [3.63, 3.8) is 0 Å². The first-order valence-corrected chi connectivity index (χ1v) is 5.99. The molecule has 0 spiro atoms. The Bertz CT molecular complexity index is 367. The highest BCUT2D eigenvalue weighted by atomic mass is 16.6. The highest BCUT2D eigenvalue weighted by Crippen LogP contribution is 2.16. The molecule has 1 aliphatic rings. The van der Waals surface area contributed by atoms with Crippen LogP contribution in [0.4, 0.5) is 4.79 Å². The molecule has 1 unspecified atom stereocenters. The number of hydrogen-bond acceptors (Lipinski definition) is 3. The Hall–Kier alpha value is -1.55. The largest absolute Gasteiger partial charge is 0.446 e. The Morgan fingerprint density at radius 3 is 2.76 bits per heavy atom. The van der Waals surface area contributed by atoms with Gasteiger partial charge in [-0.2, -0.15) is 0 Å². The van der Waals surface area contributed by atoms with Crippen molar-refractivity contribution in [2.75, 3.05) is 13.1 Å². The van der Waals surface area contributed by atoms with E-state index in [1.165, 1.54) is 0 Å². The number of hydrogen-bond donors (Lipinski definition) is 1. The van der Waals surface area contributed by atoms with Gasteiger partial charge in [-0.25, -0.2) is 4.79 Å². The average molecular weight is 234 g/mol. The molecule has 0 saturated carbocycles. The zero-order valence-corrected chi connectivity index (χ0v) is 9.84. The number of amides is 1. The summed E-state index contributed by atoms with van der Waals surface area (Å²) in [6, 6.07) is 9.94. The molecule has 92 valence electrons. The summed E-state index contributed by atoms with van der Waals surface area (Å²) < 4.78 is 5.32.